The van der Waals surface area contributed by atoms with Crippen molar-refractivity contribution < 1.29 is 13.5 Å². The van der Waals surface area contributed by atoms with Crippen molar-refractivity contribution >= 4 is 32.9 Å². The fourth-order valence-electron chi connectivity index (χ4n) is 2.85. The van der Waals surface area contributed by atoms with Crippen molar-refractivity contribution in [1.29, 1.82) is 0 Å². The molecule has 9 nitrogen and oxygen atoms in total. The zero-order valence-electron chi connectivity index (χ0n) is 16.1. The molecule has 0 unspecified atom stereocenters. The summed E-state index contributed by atoms with van der Waals surface area (Å²) in [5.74, 6) is 1.82. The summed E-state index contributed by atoms with van der Waals surface area (Å²) in [6, 6.07) is 8.56. The Balaban J connectivity index is 1.97. The minimum absolute atomic E-state index is 0.105. The van der Waals surface area contributed by atoms with Crippen LogP contribution in [-0.2, 0) is 9.84 Å². The molecule has 1 aromatic carbocycles. The maximum atomic E-state index is 11.6. The summed E-state index contributed by atoms with van der Waals surface area (Å²) < 4.78 is 24.9. The number of aromatic nitrogens is 4. The van der Waals surface area contributed by atoms with Gasteiger partial charge in [0.2, 0.25) is 0 Å². The minimum Gasteiger partial charge on any atom is -0.396 e. The monoisotopic (exact) mass is 404 g/mol. The van der Waals surface area contributed by atoms with Gasteiger partial charge in [0, 0.05) is 37.2 Å². The minimum atomic E-state index is -3.25. The number of nitrogens with zero attached hydrogens (tertiary/aromatic N) is 5. The average Bonchev–Trinajstić information content (AvgIpc) is 3.10. The second kappa shape index (κ2) is 8.11. The van der Waals surface area contributed by atoms with Gasteiger partial charge in [-0.3, -0.25) is 0 Å². The number of rotatable bonds is 8. The standard InChI is InChI=1S/C18H24N6O3S/c1-13(2)23(9-4-10-25)16-11-17(24-18(22-16)19-12-20-24)21-14-5-7-15(8-6-14)28(3,26)27/h5-8,11-13,21,25H,4,9-10H2,1-3H3. The number of aliphatic hydroxyl groups is 1. The average molecular weight is 404 g/mol. The quantitative estimate of drug-likeness (QED) is 0.585. The molecule has 2 heterocycles. The molecule has 0 spiro atoms. The molecule has 0 aliphatic rings. The van der Waals surface area contributed by atoms with Crippen LogP contribution in [0.1, 0.15) is 20.3 Å². The van der Waals surface area contributed by atoms with Gasteiger partial charge in [-0.15, -0.1) is 0 Å². The molecular weight excluding hydrogens is 380 g/mol. The molecule has 0 saturated heterocycles. The van der Waals surface area contributed by atoms with Crippen LogP contribution in [0.15, 0.2) is 41.6 Å². The van der Waals surface area contributed by atoms with Gasteiger partial charge in [-0.05, 0) is 44.5 Å². The van der Waals surface area contributed by atoms with Gasteiger partial charge >= 0.3 is 0 Å². The third kappa shape index (κ3) is 4.39. The van der Waals surface area contributed by atoms with Crippen LogP contribution in [0.2, 0.25) is 0 Å². The number of fused-ring (bicyclic) bond motifs is 1. The van der Waals surface area contributed by atoms with Gasteiger partial charge in [-0.25, -0.2) is 8.42 Å². The number of hydrogen-bond donors (Lipinski definition) is 2. The summed E-state index contributed by atoms with van der Waals surface area (Å²) in [6.45, 7) is 4.89. The van der Waals surface area contributed by atoms with Crippen LogP contribution in [-0.4, -0.2) is 58.6 Å². The van der Waals surface area contributed by atoms with Crippen LogP contribution in [0.3, 0.4) is 0 Å². The Labute approximate surface area is 164 Å². The SMILES string of the molecule is CC(C)N(CCCO)c1cc(Nc2ccc(S(C)(=O)=O)cc2)n2ncnc2n1. The zero-order chi connectivity index (χ0) is 20.3. The van der Waals surface area contributed by atoms with Crippen molar-refractivity contribution in [3.63, 3.8) is 0 Å². The van der Waals surface area contributed by atoms with E-state index in [1.807, 2.05) is 6.07 Å². The Kier molecular flexibility index (Phi) is 5.80. The lowest BCUT2D eigenvalue weighted by molar-refractivity contribution is 0.288. The van der Waals surface area contributed by atoms with E-state index in [9.17, 15) is 13.5 Å². The van der Waals surface area contributed by atoms with Crippen molar-refractivity contribution in [3.05, 3.63) is 36.7 Å². The lowest BCUT2D eigenvalue weighted by Gasteiger charge is -2.28. The zero-order valence-corrected chi connectivity index (χ0v) is 16.9. The Morgan fingerprint density at radius 3 is 2.57 bits per heavy atom. The van der Waals surface area contributed by atoms with Gasteiger partial charge in [0.15, 0.2) is 9.84 Å². The van der Waals surface area contributed by atoms with Crippen molar-refractivity contribution in [2.45, 2.75) is 31.2 Å². The second-order valence-corrected chi connectivity index (χ2v) is 8.77. The van der Waals surface area contributed by atoms with E-state index >= 15 is 0 Å². The summed E-state index contributed by atoms with van der Waals surface area (Å²) in [7, 11) is -3.25. The molecule has 3 rings (SSSR count). The first-order valence-electron chi connectivity index (χ1n) is 8.95. The molecular formula is C18H24N6O3S. The van der Waals surface area contributed by atoms with Crippen molar-refractivity contribution in [2.24, 2.45) is 0 Å². The van der Waals surface area contributed by atoms with Gasteiger partial charge in [-0.2, -0.15) is 19.6 Å². The number of benzene rings is 1. The van der Waals surface area contributed by atoms with E-state index in [4.69, 9.17) is 0 Å². The third-order valence-electron chi connectivity index (χ3n) is 4.27. The molecule has 0 bridgehead atoms. The summed E-state index contributed by atoms with van der Waals surface area (Å²) in [6.07, 6.45) is 3.24. The van der Waals surface area contributed by atoms with Crippen LogP contribution in [0.25, 0.3) is 5.78 Å². The van der Waals surface area contributed by atoms with Crippen LogP contribution in [0.5, 0.6) is 0 Å². The Morgan fingerprint density at radius 2 is 1.96 bits per heavy atom. The first kappa shape index (κ1) is 20.0. The van der Waals surface area contributed by atoms with E-state index in [2.05, 4.69) is 39.1 Å². The van der Waals surface area contributed by atoms with Crippen LogP contribution < -0.4 is 10.2 Å². The number of anilines is 3. The molecule has 0 aliphatic carbocycles. The highest BCUT2D eigenvalue weighted by Crippen LogP contribution is 2.24. The normalized spacial score (nSPS) is 11.9. The maximum Gasteiger partial charge on any atom is 0.256 e. The molecule has 0 aliphatic heterocycles. The van der Waals surface area contributed by atoms with Gasteiger partial charge in [0.25, 0.3) is 5.78 Å². The van der Waals surface area contributed by atoms with Gasteiger partial charge in [0.05, 0.1) is 4.90 Å². The van der Waals surface area contributed by atoms with Crippen LogP contribution in [0, 0.1) is 0 Å². The molecule has 2 N–H and O–H groups in total. The first-order valence-corrected chi connectivity index (χ1v) is 10.8. The highest BCUT2D eigenvalue weighted by atomic mass is 32.2. The van der Waals surface area contributed by atoms with E-state index in [1.54, 1.807) is 28.8 Å². The van der Waals surface area contributed by atoms with E-state index < -0.39 is 9.84 Å². The summed E-state index contributed by atoms with van der Waals surface area (Å²) in [5, 5.41) is 16.6. The first-order chi connectivity index (χ1) is 13.3. The van der Waals surface area contributed by atoms with Gasteiger partial charge in [-0.1, -0.05) is 0 Å². The van der Waals surface area contributed by atoms with Crippen molar-refractivity contribution in [3.8, 4) is 0 Å². The number of sulfone groups is 1. The highest BCUT2D eigenvalue weighted by Gasteiger charge is 2.16. The van der Waals surface area contributed by atoms with E-state index in [0.717, 1.165) is 5.82 Å². The molecule has 0 fully saturated rings. The molecule has 150 valence electrons. The maximum absolute atomic E-state index is 11.6. The van der Waals surface area contributed by atoms with Gasteiger partial charge < -0.3 is 15.3 Å². The molecule has 2 aromatic heterocycles. The van der Waals surface area contributed by atoms with Crippen LogP contribution in [0.4, 0.5) is 17.3 Å². The number of nitrogens with one attached hydrogen (secondary N) is 1. The lowest BCUT2D eigenvalue weighted by Crippen LogP contribution is -2.33. The number of aliphatic hydroxyl groups excluding tert-OH is 1. The molecule has 0 amide bonds. The second-order valence-electron chi connectivity index (χ2n) is 6.76. The number of hydrogen-bond acceptors (Lipinski definition) is 8. The highest BCUT2D eigenvalue weighted by molar-refractivity contribution is 7.90. The molecule has 10 heteroatoms. The summed E-state index contributed by atoms with van der Waals surface area (Å²) in [4.78, 5) is 11.1. The molecule has 3 aromatic rings. The van der Waals surface area contributed by atoms with Crippen LogP contribution >= 0.6 is 0 Å². The molecule has 0 radical (unpaired) electrons. The van der Waals surface area contributed by atoms with E-state index in [1.165, 1.54) is 12.6 Å². The van der Waals surface area contributed by atoms with E-state index in [0.29, 0.717) is 30.2 Å². The smallest absolute Gasteiger partial charge is 0.256 e. The van der Waals surface area contributed by atoms with Gasteiger partial charge in [0.1, 0.15) is 18.0 Å². The molecule has 0 saturated carbocycles. The molecule has 0 atom stereocenters. The van der Waals surface area contributed by atoms with Crippen molar-refractivity contribution in [1.82, 2.24) is 19.6 Å². The predicted octanol–water partition coefficient (Wildman–Crippen LogP) is 1.87. The molecule has 28 heavy (non-hydrogen) atoms. The Hall–Kier alpha value is -2.72. The van der Waals surface area contributed by atoms with Crippen molar-refractivity contribution in [2.75, 3.05) is 29.6 Å². The Morgan fingerprint density at radius 1 is 1.25 bits per heavy atom. The Bertz CT molecular complexity index is 1050. The predicted molar refractivity (Wildman–Crippen MR) is 108 cm³/mol. The fourth-order valence-corrected chi connectivity index (χ4v) is 3.48. The lowest BCUT2D eigenvalue weighted by atomic mass is 10.2. The fraction of sp³-hybridized carbons (Fsp3) is 0.389. The summed E-state index contributed by atoms with van der Waals surface area (Å²) in [5.41, 5.74) is 0.716. The topological polar surface area (TPSA) is 113 Å². The third-order valence-corrected chi connectivity index (χ3v) is 5.40. The summed E-state index contributed by atoms with van der Waals surface area (Å²) >= 11 is 0. The largest absolute Gasteiger partial charge is 0.396 e. The van der Waals surface area contributed by atoms with E-state index in [-0.39, 0.29) is 17.5 Å².